The number of tetrazole rings is 1. The van der Waals surface area contributed by atoms with Gasteiger partial charge in [0.05, 0.1) is 11.4 Å². The number of nitrogens with zero attached hydrogens (tertiary/aromatic N) is 6. The van der Waals surface area contributed by atoms with Crippen LogP contribution in [0.1, 0.15) is 5.56 Å². The van der Waals surface area contributed by atoms with E-state index in [4.69, 9.17) is 11.6 Å². The van der Waals surface area contributed by atoms with E-state index in [2.05, 4.69) is 20.8 Å². The summed E-state index contributed by atoms with van der Waals surface area (Å²) in [4.78, 5) is 44.3. The predicted molar refractivity (Wildman–Crippen MR) is 149 cm³/mol. The average molecular weight is 562 g/mol. The number of carbonyl (C=O) groups is 3. The van der Waals surface area contributed by atoms with E-state index in [0.29, 0.717) is 22.1 Å². The SMILES string of the molecule is CSc1ccc(NC(=O)C(Cc2ccccc2)N2CC(=O)N(c3cc(Cl)ccc3-n3cnnn3)CC2=O)cc1. The lowest BCUT2D eigenvalue weighted by Crippen LogP contribution is -2.60. The molecule has 0 spiro atoms. The Hall–Kier alpha value is -4.22. The monoisotopic (exact) mass is 561 g/mol. The Labute approximate surface area is 233 Å². The van der Waals surface area contributed by atoms with Crippen molar-refractivity contribution in [3.05, 3.63) is 89.7 Å². The molecule has 0 saturated carbocycles. The Kier molecular flexibility index (Phi) is 7.89. The summed E-state index contributed by atoms with van der Waals surface area (Å²) in [5.74, 6) is -1.10. The number of anilines is 2. The minimum absolute atomic E-state index is 0.252. The molecule has 10 nitrogen and oxygen atoms in total. The molecule has 39 heavy (non-hydrogen) atoms. The van der Waals surface area contributed by atoms with Crippen LogP contribution in [-0.2, 0) is 20.8 Å². The third kappa shape index (κ3) is 5.94. The topological polar surface area (TPSA) is 113 Å². The zero-order chi connectivity index (χ0) is 27.4. The summed E-state index contributed by atoms with van der Waals surface area (Å²) in [6.07, 6.45) is 3.61. The molecule has 1 unspecified atom stereocenters. The predicted octanol–water partition coefficient (Wildman–Crippen LogP) is 3.46. The van der Waals surface area contributed by atoms with E-state index >= 15 is 0 Å². The molecule has 1 fully saturated rings. The van der Waals surface area contributed by atoms with Gasteiger partial charge in [-0.25, -0.2) is 0 Å². The van der Waals surface area contributed by atoms with Crippen LogP contribution < -0.4 is 10.2 Å². The summed E-state index contributed by atoms with van der Waals surface area (Å²) < 4.78 is 1.39. The van der Waals surface area contributed by atoms with Crippen molar-refractivity contribution in [2.75, 3.05) is 29.6 Å². The Balaban J connectivity index is 1.42. The number of hydrogen-bond donors (Lipinski definition) is 1. The highest BCUT2D eigenvalue weighted by Gasteiger charge is 2.39. The molecule has 3 aromatic carbocycles. The van der Waals surface area contributed by atoms with Crippen LogP contribution in [0.4, 0.5) is 11.4 Å². The highest BCUT2D eigenvalue weighted by Crippen LogP contribution is 2.30. The lowest BCUT2D eigenvalue weighted by molar-refractivity contribution is -0.143. The molecule has 1 aliphatic heterocycles. The fourth-order valence-electron chi connectivity index (χ4n) is 4.40. The number of thioether (sulfide) groups is 1. The molecular weight excluding hydrogens is 538 g/mol. The van der Waals surface area contributed by atoms with E-state index in [0.717, 1.165) is 10.5 Å². The first-order chi connectivity index (χ1) is 18.9. The largest absolute Gasteiger partial charge is 0.324 e. The Morgan fingerprint density at radius 1 is 1.00 bits per heavy atom. The van der Waals surface area contributed by atoms with Crippen LogP contribution in [0.2, 0.25) is 5.02 Å². The molecule has 3 amide bonds. The van der Waals surface area contributed by atoms with Gasteiger partial charge in [0.2, 0.25) is 17.7 Å². The maximum Gasteiger partial charge on any atom is 0.247 e. The molecule has 0 aliphatic carbocycles. The maximum atomic E-state index is 13.6. The first-order valence-electron chi connectivity index (χ1n) is 12.0. The molecular formula is C27H24ClN7O3S. The number of carbonyl (C=O) groups excluding carboxylic acids is 3. The van der Waals surface area contributed by atoms with Gasteiger partial charge in [0.1, 0.15) is 25.5 Å². The van der Waals surface area contributed by atoms with Gasteiger partial charge in [0.25, 0.3) is 0 Å². The maximum absolute atomic E-state index is 13.6. The average Bonchev–Trinajstić information content (AvgIpc) is 3.49. The second-order valence-electron chi connectivity index (χ2n) is 8.81. The molecule has 198 valence electrons. The fraction of sp³-hybridized carbons (Fsp3) is 0.185. The Morgan fingerprint density at radius 2 is 1.77 bits per heavy atom. The number of nitrogens with one attached hydrogen (secondary N) is 1. The molecule has 0 radical (unpaired) electrons. The van der Waals surface area contributed by atoms with Gasteiger partial charge in [-0.05, 0) is 64.7 Å². The summed E-state index contributed by atoms with van der Waals surface area (Å²) in [7, 11) is 0. The quantitative estimate of drug-likeness (QED) is 0.328. The minimum Gasteiger partial charge on any atom is -0.324 e. The van der Waals surface area contributed by atoms with E-state index in [9.17, 15) is 14.4 Å². The van der Waals surface area contributed by atoms with Gasteiger partial charge in [-0.15, -0.1) is 16.9 Å². The number of piperazine rings is 1. The molecule has 1 aliphatic rings. The molecule has 2 heterocycles. The van der Waals surface area contributed by atoms with E-state index < -0.39 is 6.04 Å². The number of aromatic nitrogens is 4. The van der Waals surface area contributed by atoms with Crippen molar-refractivity contribution in [2.24, 2.45) is 0 Å². The Morgan fingerprint density at radius 3 is 2.46 bits per heavy atom. The number of benzene rings is 3. The van der Waals surface area contributed by atoms with Crippen molar-refractivity contribution >= 4 is 52.5 Å². The van der Waals surface area contributed by atoms with Crippen LogP contribution in [-0.4, -0.2) is 68.2 Å². The number of hydrogen-bond acceptors (Lipinski definition) is 7. The van der Waals surface area contributed by atoms with E-state index in [1.807, 2.05) is 60.9 Å². The number of amides is 3. The van der Waals surface area contributed by atoms with Crippen LogP contribution in [0, 0.1) is 0 Å². The standard InChI is InChI=1S/C27H24ClN7O3S/c1-39-21-10-8-20(9-11-21)30-27(38)24(13-18-5-3-2-4-6-18)34-16-25(36)33(15-26(34)37)23-14-19(28)7-12-22(23)35-17-29-31-32-35/h2-12,14,17,24H,13,15-16H2,1H3,(H,30,38). The van der Waals surface area contributed by atoms with Crippen LogP contribution in [0.5, 0.6) is 0 Å². The molecule has 1 N–H and O–H groups in total. The van der Waals surface area contributed by atoms with Gasteiger partial charge in [0, 0.05) is 22.0 Å². The van der Waals surface area contributed by atoms with Crippen molar-refractivity contribution in [1.82, 2.24) is 25.1 Å². The highest BCUT2D eigenvalue weighted by molar-refractivity contribution is 7.98. The molecule has 1 aromatic heterocycles. The third-order valence-electron chi connectivity index (χ3n) is 6.35. The van der Waals surface area contributed by atoms with Gasteiger partial charge in [-0.2, -0.15) is 4.68 Å². The second kappa shape index (κ2) is 11.7. The van der Waals surface area contributed by atoms with E-state index in [-0.39, 0.29) is 37.2 Å². The third-order valence-corrected chi connectivity index (χ3v) is 7.33. The number of halogens is 1. The van der Waals surface area contributed by atoms with Crippen molar-refractivity contribution in [3.63, 3.8) is 0 Å². The van der Waals surface area contributed by atoms with Gasteiger partial charge in [-0.1, -0.05) is 41.9 Å². The van der Waals surface area contributed by atoms with Crippen molar-refractivity contribution in [2.45, 2.75) is 17.4 Å². The summed E-state index contributed by atoms with van der Waals surface area (Å²) in [6, 6.07) is 20.9. The second-order valence-corrected chi connectivity index (χ2v) is 10.1. The van der Waals surface area contributed by atoms with Crippen LogP contribution in [0.15, 0.2) is 84.0 Å². The highest BCUT2D eigenvalue weighted by atomic mass is 35.5. The lowest BCUT2D eigenvalue weighted by atomic mass is 10.0. The Bertz CT molecular complexity index is 1480. The first kappa shape index (κ1) is 26.4. The normalized spacial score (nSPS) is 14.4. The minimum atomic E-state index is -0.899. The molecule has 4 aromatic rings. The summed E-state index contributed by atoms with van der Waals surface area (Å²) >= 11 is 7.84. The van der Waals surface area contributed by atoms with Crippen LogP contribution in [0.25, 0.3) is 5.69 Å². The fourth-order valence-corrected chi connectivity index (χ4v) is 4.97. The summed E-state index contributed by atoms with van der Waals surface area (Å²) in [5.41, 5.74) is 2.36. The van der Waals surface area contributed by atoms with Gasteiger partial charge >= 0.3 is 0 Å². The van der Waals surface area contributed by atoms with Crippen molar-refractivity contribution in [3.8, 4) is 5.69 Å². The summed E-state index contributed by atoms with van der Waals surface area (Å²) in [5, 5.41) is 14.5. The van der Waals surface area contributed by atoms with Gasteiger partial charge < -0.3 is 10.2 Å². The zero-order valence-electron chi connectivity index (χ0n) is 20.9. The van der Waals surface area contributed by atoms with E-state index in [1.54, 1.807) is 30.0 Å². The lowest BCUT2D eigenvalue weighted by Gasteiger charge is -2.38. The van der Waals surface area contributed by atoms with Crippen molar-refractivity contribution < 1.29 is 14.4 Å². The van der Waals surface area contributed by atoms with Gasteiger partial charge in [0.15, 0.2) is 0 Å². The molecule has 12 heteroatoms. The van der Waals surface area contributed by atoms with E-state index in [1.165, 1.54) is 20.8 Å². The van der Waals surface area contributed by atoms with Gasteiger partial charge in [-0.3, -0.25) is 19.3 Å². The number of rotatable bonds is 8. The first-order valence-corrected chi connectivity index (χ1v) is 13.6. The summed E-state index contributed by atoms with van der Waals surface area (Å²) in [6.45, 7) is -0.550. The molecule has 1 saturated heterocycles. The van der Waals surface area contributed by atoms with Crippen LogP contribution >= 0.6 is 23.4 Å². The smallest absolute Gasteiger partial charge is 0.247 e. The molecule has 5 rings (SSSR count). The van der Waals surface area contributed by atoms with Crippen LogP contribution in [0.3, 0.4) is 0 Å². The van der Waals surface area contributed by atoms with Crippen molar-refractivity contribution in [1.29, 1.82) is 0 Å². The molecule has 0 bridgehead atoms. The molecule has 1 atom stereocenters. The zero-order valence-corrected chi connectivity index (χ0v) is 22.5.